The molecule has 2 aromatic heterocycles. The molecule has 0 amide bonds. The largest absolute Gasteiger partial charge is 0.456 e. The Morgan fingerprint density at radius 2 is 0.980 bits per heavy atom. The highest BCUT2D eigenvalue weighted by molar-refractivity contribution is 7.19. The van der Waals surface area contributed by atoms with Crippen LogP contribution in [0.2, 0.25) is 0 Å². The molecule has 3 heteroatoms. The summed E-state index contributed by atoms with van der Waals surface area (Å²) in [7, 11) is 0. The number of nitrogens with zero attached hydrogens (tertiary/aromatic N) is 1. The summed E-state index contributed by atoms with van der Waals surface area (Å²) in [6.45, 7) is 0. The van der Waals surface area contributed by atoms with Crippen LogP contribution in [0.15, 0.2) is 192 Å². The quantitative estimate of drug-likeness (QED) is 0.171. The third kappa shape index (κ3) is 5.61. The summed E-state index contributed by atoms with van der Waals surface area (Å²) >= 11 is 1.68. The van der Waals surface area contributed by atoms with E-state index in [4.69, 9.17) is 11.3 Å². The molecule has 0 radical (unpaired) electrons. The lowest BCUT2D eigenvalue weighted by Gasteiger charge is -2.24. The first-order valence-corrected chi connectivity index (χ1v) is 16.9. The predicted molar refractivity (Wildman–Crippen MR) is 208 cm³/mol. The van der Waals surface area contributed by atoms with Gasteiger partial charge in [0.25, 0.3) is 0 Å². The summed E-state index contributed by atoms with van der Waals surface area (Å²) < 4.78 is 47.3. The van der Waals surface area contributed by atoms with Gasteiger partial charge in [-0.15, -0.1) is 11.3 Å². The summed E-state index contributed by atoms with van der Waals surface area (Å²) in [6.07, 6.45) is 0. The highest BCUT2D eigenvalue weighted by Crippen LogP contribution is 2.43. The molecule has 0 aliphatic carbocycles. The molecule has 49 heavy (non-hydrogen) atoms. The average molecular weight is 651 g/mol. The Morgan fingerprint density at radius 1 is 0.429 bits per heavy atom. The number of benzene rings is 7. The third-order valence-electron chi connectivity index (χ3n) is 8.84. The maximum absolute atomic E-state index is 8.49. The average Bonchev–Trinajstić information content (AvgIpc) is 3.86. The van der Waals surface area contributed by atoms with Crippen molar-refractivity contribution in [1.82, 2.24) is 0 Å². The molecule has 9 rings (SSSR count). The van der Waals surface area contributed by atoms with E-state index < -0.39 is 6.04 Å². The number of para-hydroxylation sites is 1. The molecule has 0 bridgehead atoms. The van der Waals surface area contributed by atoms with E-state index >= 15 is 0 Å². The maximum atomic E-state index is 8.49. The van der Waals surface area contributed by atoms with Gasteiger partial charge in [-0.2, -0.15) is 0 Å². The van der Waals surface area contributed by atoms with Crippen LogP contribution in [0.4, 0.5) is 16.4 Å². The van der Waals surface area contributed by atoms with Crippen LogP contribution in [-0.2, 0) is 0 Å². The molecule has 0 atom stereocenters. The van der Waals surface area contributed by atoms with Gasteiger partial charge >= 0.3 is 0 Å². The first kappa shape index (κ1) is 24.1. The number of anilines is 3. The molecule has 0 saturated carbocycles. The van der Waals surface area contributed by atoms with Crippen LogP contribution in [0.5, 0.6) is 0 Å². The summed E-state index contributed by atoms with van der Waals surface area (Å²) in [4.78, 5) is 3.31. The van der Waals surface area contributed by atoms with E-state index in [0.29, 0.717) is 5.56 Å². The summed E-state index contributed by atoms with van der Waals surface area (Å²) in [6, 6.07) is 52.1. The topological polar surface area (TPSA) is 16.4 Å². The Hall–Kier alpha value is -6.16. The molecule has 0 aliphatic rings. The van der Waals surface area contributed by atoms with Gasteiger partial charge in [-0.25, -0.2) is 0 Å². The summed E-state index contributed by atoms with van der Waals surface area (Å²) in [5.74, 6) is 0. The van der Waals surface area contributed by atoms with Crippen LogP contribution < -0.4 is 4.90 Å². The van der Waals surface area contributed by atoms with Gasteiger partial charge in [0.05, 0.1) is 6.85 Å². The van der Waals surface area contributed by atoms with Crippen molar-refractivity contribution < 1.29 is 11.3 Å². The number of thiophene rings is 1. The Kier molecular flexibility index (Phi) is 6.12. The maximum Gasteiger partial charge on any atom is 0.135 e. The van der Waals surface area contributed by atoms with Crippen molar-refractivity contribution in [2.24, 2.45) is 0 Å². The monoisotopic (exact) mass is 650 g/mol. The fraction of sp³-hybridized carbons (Fsp3) is 0. The fourth-order valence-corrected chi connectivity index (χ4v) is 7.40. The first-order chi connectivity index (χ1) is 26.3. The molecule has 7 aromatic carbocycles. The third-order valence-corrected chi connectivity index (χ3v) is 9.96. The van der Waals surface area contributed by atoms with Crippen molar-refractivity contribution in [3.8, 4) is 43.8 Å². The molecule has 9 aromatic rings. The number of hydrogen-bond donors (Lipinski definition) is 0. The zero-order chi connectivity index (χ0) is 36.9. The van der Waals surface area contributed by atoms with Crippen LogP contribution >= 0.6 is 11.3 Å². The smallest absolute Gasteiger partial charge is 0.135 e. The van der Waals surface area contributed by atoms with E-state index in [2.05, 4.69) is 95.9 Å². The van der Waals surface area contributed by atoms with Gasteiger partial charge < -0.3 is 9.32 Å². The van der Waals surface area contributed by atoms with Crippen molar-refractivity contribution in [3.05, 3.63) is 188 Å². The minimum absolute atomic E-state index is 0.186. The zero-order valence-corrected chi connectivity index (χ0v) is 27.1. The van der Waals surface area contributed by atoms with E-state index in [9.17, 15) is 0 Å². The van der Waals surface area contributed by atoms with Crippen LogP contribution in [-0.4, -0.2) is 0 Å². The molecule has 2 heterocycles. The lowest BCUT2D eigenvalue weighted by molar-refractivity contribution is 0.669. The number of hydrogen-bond acceptors (Lipinski definition) is 3. The van der Waals surface area contributed by atoms with Crippen molar-refractivity contribution in [2.75, 3.05) is 4.90 Å². The van der Waals surface area contributed by atoms with Crippen LogP contribution in [0.25, 0.3) is 65.8 Å². The Balaban J connectivity index is 1.06. The molecule has 0 aliphatic heterocycles. The van der Waals surface area contributed by atoms with E-state index in [0.717, 1.165) is 71.0 Å². The highest BCUT2D eigenvalue weighted by atomic mass is 32.1. The van der Waals surface area contributed by atoms with Gasteiger partial charge in [0.2, 0.25) is 0 Å². The molecule has 0 saturated heterocycles. The normalized spacial score (nSPS) is 12.7. The highest BCUT2D eigenvalue weighted by Gasteiger charge is 2.16. The minimum atomic E-state index is -0.400. The molecular formula is C46H31NOS. The predicted octanol–water partition coefficient (Wildman–Crippen LogP) is 13.8. The summed E-state index contributed by atoms with van der Waals surface area (Å²) in [5.41, 5.74) is 9.98. The zero-order valence-electron chi connectivity index (χ0n) is 31.3. The first-order valence-electron chi connectivity index (χ1n) is 18.6. The van der Waals surface area contributed by atoms with Gasteiger partial charge in [-0.3, -0.25) is 0 Å². The van der Waals surface area contributed by atoms with Crippen molar-refractivity contribution >= 4 is 49.7 Å². The molecule has 0 unspecified atom stereocenters. The van der Waals surface area contributed by atoms with Gasteiger partial charge in [0.1, 0.15) is 16.2 Å². The van der Waals surface area contributed by atoms with E-state index in [-0.39, 0.29) is 29.7 Å². The minimum Gasteiger partial charge on any atom is -0.456 e. The van der Waals surface area contributed by atoms with E-state index in [1.807, 2.05) is 66.7 Å². The van der Waals surface area contributed by atoms with Crippen molar-refractivity contribution in [3.63, 3.8) is 0 Å². The van der Waals surface area contributed by atoms with Gasteiger partial charge in [-0.05, 0) is 93.5 Å². The Bertz CT molecular complexity index is 2780. The Labute approximate surface area is 296 Å². The van der Waals surface area contributed by atoms with Gasteiger partial charge in [0.15, 0.2) is 0 Å². The van der Waals surface area contributed by atoms with Gasteiger partial charge in [0, 0.05) is 27.0 Å². The summed E-state index contributed by atoms with van der Waals surface area (Å²) in [5, 5.41) is 3.22. The number of fused-ring (bicyclic) bond motifs is 3. The van der Waals surface area contributed by atoms with Crippen LogP contribution in [0.3, 0.4) is 0 Å². The van der Waals surface area contributed by atoms with E-state index in [1.54, 1.807) is 11.3 Å². The lowest BCUT2D eigenvalue weighted by atomic mass is 10.0. The van der Waals surface area contributed by atoms with Gasteiger partial charge in [-0.1, -0.05) is 133 Å². The standard InChI is InChI=1S/C46H31NOS/c1-3-9-32(10-4-1)34-19-24-39(25-20-34)47(40-26-21-35(22-27-40)33-11-5-2-6-12-33)46-30-29-45(49-46)37-17-15-36(16-18-37)38-23-28-44-42(31-38)41-13-7-8-14-43(41)48-44/h1-31H/i1D,3D,4D,9D,10D. The number of furan rings is 1. The SMILES string of the molecule is [2H]c1c([2H])c([2H])c(-c2ccc(N(c3ccc(-c4ccccc4)cc3)c3ccc(-c4ccc(-c5ccc6oc7ccccc7c6c5)cc4)s3)cc2)c([2H])c1[2H]. The molecule has 232 valence electrons. The molecular weight excluding hydrogens is 615 g/mol. The molecule has 0 N–H and O–H groups in total. The second-order valence-electron chi connectivity index (χ2n) is 11.8. The second-order valence-corrected chi connectivity index (χ2v) is 12.9. The van der Waals surface area contributed by atoms with Crippen LogP contribution in [0, 0.1) is 0 Å². The lowest BCUT2D eigenvalue weighted by Crippen LogP contribution is -2.08. The van der Waals surface area contributed by atoms with E-state index in [1.165, 1.54) is 0 Å². The molecule has 0 fully saturated rings. The van der Waals surface area contributed by atoms with Crippen molar-refractivity contribution in [2.45, 2.75) is 0 Å². The van der Waals surface area contributed by atoms with Crippen LogP contribution in [0.1, 0.15) is 6.85 Å². The number of rotatable bonds is 7. The molecule has 0 spiro atoms. The van der Waals surface area contributed by atoms with Crippen molar-refractivity contribution in [1.29, 1.82) is 0 Å². The Morgan fingerprint density at radius 3 is 1.71 bits per heavy atom. The fourth-order valence-electron chi connectivity index (χ4n) is 6.34. The second kappa shape index (κ2) is 12.5. The molecule has 2 nitrogen and oxygen atoms in total.